The minimum absolute atomic E-state index is 0.450. The highest BCUT2D eigenvalue weighted by atomic mass is 32.1. The Balaban J connectivity index is 2.12. The Morgan fingerprint density at radius 1 is 1.37 bits per heavy atom. The summed E-state index contributed by atoms with van der Waals surface area (Å²) in [6.45, 7) is 7.47. The predicted molar refractivity (Wildman–Crippen MR) is 79.6 cm³/mol. The van der Waals surface area contributed by atoms with Crippen molar-refractivity contribution in [2.24, 2.45) is 5.73 Å². The number of benzene rings is 1. The lowest BCUT2D eigenvalue weighted by Gasteiger charge is -2.14. The standard InChI is InChI=1S/C15H20N2OS/c1-10(2)13-5-4-11(3)6-14(13)18-9-15-17-8-12(7-16)19-15/h4-6,8,10H,7,9,16H2,1-3H3. The van der Waals surface area contributed by atoms with E-state index < -0.39 is 0 Å². The van der Waals surface area contributed by atoms with Gasteiger partial charge in [0.2, 0.25) is 0 Å². The third-order valence-corrected chi connectivity index (χ3v) is 3.94. The van der Waals surface area contributed by atoms with Crippen molar-refractivity contribution in [3.05, 3.63) is 45.4 Å². The molecule has 3 nitrogen and oxygen atoms in total. The predicted octanol–water partition coefficient (Wildman–Crippen LogP) is 3.61. The molecule has 0 amide bonds. The van der Waals surface area contributed by atoms with E-state index in [2.05, 4.69) is 44.0 Å². The molecule has 19 heavy (non-hydrogen) atoms. The van der Waals surface area contributed by atoms with Crippen LogP contribution in [0.5, 0.6) is 5.75 Å². The molecule has 0 spiro atoms. The van der Waals surface area contributed by atoms with Crippen molar-refractivity contribution in [1.82, 2.24) is 4.98 Å². The van der Waals surface area contributed by atoms with Gasteiger partial charge in [0.15, 0.2) is 0 Å². The van der Waals surface area contributed by atoms with Gasteiger partial charge in [0, 0.05) is 17.6 Å². The molecule has 2 rings (SSSR count). The number of nitrogens with zero attached hydrogens (tertiary/aromatic N) is 1. The van der Waals surface area contributed by atoms with Crippen LogP contribution in [-0.4, -0.2) is 4.98 Å². The van der Waals surface area contributed by atoms with Gasteiger partial charge < -0.3 is 10.5 Å². The fourth-order valence-corrected chi connectivity index (χ4v) is 2.61. The maximum atomic E-state index is 5.93. The van der Waals surface area contributed by atoms with Crippen molar-refractivity contribution >= 4 is 11.3 Å². The van der Waals surface area contributed by atoms with Crippen LogP contribution in [0, 0.1) is 6.92 Å². The number of hydrogen-bond donors (Lipinski definition) is 1. The quantitative estimate of drug-likeness (QED) is 0.907. The summed E-state index contributed by atoms with van der Waals surface area (Å²) in [6.07, 6.45) is 1.82. The van der Waals surface area contributed by atoms with Crippen molar-refractivity contribution in [1.29, 1.82) is 0 Å². The lowest BCUT2D eigenvalue weighted by atomic mass is 10.0. The number of thiazole rings is 1. The van der Waals surface area contributed by atoms with Crippen LogP contribution in [0.1, 0.15) is 40.8 Å². The Morgan fingerprint density at radius 3 is 2.79 bits per heavy atom. The average Bonchev–Trinajstić information content (AvgIpc) is 2.84. The number of rotatable bonds is 5. The first-order valence-corrected chi connectivity index (χ1v) is 7.28. The van der Waals surface area contributed by atoms with Gasteiger partial charge in [-0.05, 0) is 30.0 Å². The lowest BCUT2D eigenvalue weighted by molar-refractivity contribution is 0.301. The molecule has 1 aromatic heterocycles. The molecule has 0 atom stereocenters. The number of ether oxygens (including phenoxy) is 1. The summed E-state index contributed by atoms with van der Waals surface area (Å²) in [7, 11) is 0. The molecule has 0 fully saturated rings. The van der Waals surface area contributed by atoms with Crippen molar-refractivity contribution in [2.75, 3.05) is 0 Å². The first-order valence-electron chi connectivity index (χ1n) is 6.47. The van der Waals surface area contributed by atoms with E-state index in [4.69, 9.17) is 10.5 Å². The van der Waals surface area contributed by atoms with Crippen LogP contribution >= 0.6 is 11.3 Å². The summed E-state index contributed by atoms with van der Waals surface area (Å²) in [5.74, 6) is 1.41. The first-order chi connectivity index (χ1) is 9.10. The zero-order valence-corrected chi connectivity index (χ0v) is 12.5. The van der Waals surface area contributed by atoms with Gasteiger partial charge >= 0.3 is 0 Å². The Kier molecular flexibility index (Phi) is 4.56. The number of hydrogen-bond acceptors (Lipinski definition) is 4. The molecule has 0 saturated carbocycles. The highest BCUT2D eigenvalue weighted by Crippen LogP contribution is 2.28. The van der Waals surface area contributed by atoms with E-state index in [0.717, 1.165) is 15.6 Å². The molecular formula is C15H20N2OS. The normalized spacial score (nSPS) is 11.0. The number of aromatic nitrogens is 1. The summed E-state index contributed by atoms with van der Waals surface area (Å²) in [6, 6.07) is 6.35. The lowest BCUT2D eigenvalue weighted by Crippen LogP contribution is -2.00. The zero-order chi connectivity index (χ0) is 13.8. The van der Waals surface area contributed by atoms with Gasteiger partial charge in [0.05, 0.1) is 0 Å². The van der Waals surface area contributed by atoms with Crippen LogP contribution in [0.25, 0.3) is 0 Å². The zero-order valence-electron chi connectivity index (χ0n) is 11.6. The minimum Gasteiger partial charge on any atom is -0.486 e. The molecule has 2 N–H and O–H groups in total. The molecule has 0 aliphatic carbocycles. The fourth-order valence-electron chi connectivity index (χ4n) is 1.89. The van der Waals surface area contributed by atoms with Crippen molar-refractivity contribution in [3.8, 4) is 5.75 Å². The van der Waals surface area contributed by atoms with Crippen LogP contribution in [0.3, 0.4) is 0 Å². The molecule has 0 bridgehead atoms. The van der Waals surface area contributed by atoms with Crippen molar-refractivity contribution in [3.63, 3.8) is 0 Å². The number of aryl methyl sites for hydroxylation is 1. The topological polar surface area (TPSA) is 48.1 Å². The summed E-state index contributed by atoms with van der Waals surface area (Å²) >= 11 is 1.61. The molecule has 0 aliphatic rings. The summed E-state index contributed by atoms with van der Waals surface area (Å²) < 4.78 is 5.93. The summed E-state index contributed by atoms with van der Waals surface area (Å²) in [5.41, 5.74) is 8.03. The number of nitrogens with two attached hydrogens (primary N) is 1. The highest BCUT2D eigenvalue weighted by Gasteiger charge is 2.09. The van der Waals surface area contributed by atoms with Gasteiger partial charge in [-0.2, -0.15) is 0 Å². The van der Waals surface area contributed by atoms with Gasteiger partial charge in [-0.25, -0.2) is 4.98 Å². The Hall–Kier alpha value is -1.39. The molecular weight excluding hydrogens is 256 g/mol. The fraction of sp³-hybridized carbons (Fsp3) is 0.400. The second-order valence-electron chi connectivity index (χ2n) is 4.91. The summed E-state index contributed by atoms with van der Waals surface area (Å²) in [5, 5.41) is 0.969. The largest absolute Gasteiger partial charge is 0.486 e. The molecule has 2 aromatic rings. The van der Waals surface area contributed by atoms with Crippen LogP contribution in [0.15, 0.2) is 24.4 Å². The third kappa shape index (κ3) is 3.55. The van der Waals surface area contributed by atoms with E-state index in [1.165, 1.54) is 11.1 Å². The van der Waals surface area contributed by atoms with Gasteiger partial charge in [-0.1, -0.05) is 26.0 Å². The second kappa shape index (κ2) is 6.17. The van der Waals surface area contributed by atoms with E-state index in [-0.39, 0.29) is 0 Å². The van der Waals surface area contributed by atoms with Gasteiger partial charge in [0.25, 0.3) is 0 Å². The van der Waals surface area contributed by atoms with E-state index >= 15 is 0 Å². The Labute approximate surface area is 118 Å². The molecule has 4 heteroatoms. The van der Waals surface area contributed by atoms with Crippen LogP contribution in [-0.2, 0) is 13.2 Å². The molecule has 0 radical (unpaired) electrons. The molecule has 0 unspecified atom stereocenters. The third-order valence-electron chi connectivity index (χ3n) is 2.94. The Bertz CT molecular complexity index is 549. The van der Waals surface area contributed by atoms with E-state index in [1.54, 1.807) is 11.3 Å². The van der Waals surface area contributed by atoms with Crippen LogP contribution in [0.2, 0.25) is 0 Å². The van der Waals surface area contributed by atoms with E-state index in [1.807, 2.05) is 6.20 Å². The van der Waals surface area contributed by atoms with Crippen LogP contribution < -0.4 is 10.5 Å². The Morgan fingerprint density at radius 2 is 2.16 bits per heavy atom. The van der Waals surface area contributed by atoms with Gasteiger partial charge in [-0.15, -0.1) is 11.3 Å². The maximum Gasteiger partial charge on any atom is 0.140 e. The highest BCUT2D eigenvalue weighted by molar-refractivity contribution is 7.11. The maximum absolute atomic E-state index is 5.93. The molecule has 0 aliphatic heterocycles. The van der Waals surface area contributed by atoms with Gasteiger partial charge in [-0.3, -0.25) is 0 Å². The van der Waals surface area contributed by atoms with Crippen molar-refractivity contribution in [2.45, 2.75) is 39.8 Å². The first kappa shape index (κ1) is 14.0. The van der Waals surface area contributed by atoms with E-state index in [9.17, 15) is 0 Å². The van der Waals surface area contributed by atoms with Crippen LogP contribution in [0.4, 0.5) is 0 Å². The minimum atomic E-state index is 0.450. The molecule has 0 saturated heterocycles. The van der Waals surface area contributed by atoms with Gasteiger partial charge in [0.1, 0.15) is 17.4 Å². The molecule has 1 aromatic carbocycles. The SMILES string of the molecule is Cc1ccc(C(C)C)c(OCc2ncc(CN)s2)c1. The van der Waals surface area contributed by atoms with E-state index in [0.29, 0.717) is 19.1 Å². The molecule has 1 heterocycles. The smallest absolute Gasteiger partial charge is 0.140 e. The molecule has 102 valence electrons. The summed E-state index contributed by atoms with van der Waals surface area (Å²) in [4.78, 5) is 5.40. The second-order valence-corrected chi connectivity index (χ2v) is 6.11. The monoisotopic (exact) mass is 276 g/mol. The average molecular weight is 276 g/mol. The van der Waals surface area contributed by atoms with Crippen molar-refractivity contribution < 1.29 is 4.74 Å².